The number of hydrogen-bond acceptors (Lipinski definition) is 8. The Morgan fingerprint density at radius 2 is 2.17 bits per heavy atom. The summed E-state index contributed by atoms with van der Waals surface area (Å²) < 4.78 is 10.4. The van der Waals surface area contributed by atoms with E-state index < -0.39 is 4.92 Å². The Balaban J connectivity index is 1.73. The Morgan fingerprint density at radius 3 is 2.88 bits per heavy atom. The zero-order valence-corrected chi connectivity index (χ0v) is 13.0. The monoisotopic (exact) mass is 332 g/mol. The summed E-state index contributed by atoms with van der Waals surface area (Å²) in [5.74, 6) is 0.935. The molecule has 3 rings (SSSR count). The second-order valence-corrected chi connectivity index (χ2v) is 5.09. The van der Waals surface area contributed by atoms with Gasteiger partial charge in [0, 0.05) is 19.2 Å². The Kier molecular flexibility index (Phi) is 4.66. The SMILES string of the molecule is Cc1nc(N/N=C/N2CCOCC2)cc(-c2ccc([N+](=O)[O-])o2)n1. The van der Waals surface area contributed by atoms with E-state index in [1.54, 1.807) is 19.3 Å². The van der Waals surface area contributed by atoms with Gasteiger partial charge in [-0.3, -0.25) is 15.5 Å². The first kappa shape index (κ1) is 15.9. The molecule has 0 aromatic carbocycles. The molecule has 0 saturated carbocycles. The number of ether oxygens (including phenoxy) is 1. The largest absolute Gasteiger partial charge is 0.433 e. The molecule has 1 aliphatic heterocycles. The summed E-state index contributed by atoms with van der Waals surface area (Å²) in [4.78, 5) is 20.6. The van der Waals surface area contributed by atoms with E-state index in [9.17, 15) is 10.1 Å². The predicted octanol–water partition coefficient (Wildman–Crippen LogP) is 1.64. The van der Waals surface area contributed by atoms with Crippen molar-refractivity contribution in [1.29, 1.82) is 0 Å². The molecular weight excluding hydrogens is 316 g/mol. The van der Waals surface area contributed by atoms with Crippen LogP contribution in [0, 0.1) is 17.0 Å². The zero-order valence-electron chi connectivity index (χ0n) is 13.0. The minimum atomic E-state index is -0.594. The van der Waals surface area contributed by atoms with Gasteiger partial charge in [0.1, 0.15) is 22.8 Å². The molecule has 0 amide bonds. The van der Waals surface area contributed by atoms with Crippen molar-refractivity contribution in [2.24, 2.45) is 5.10 Å². The third kappa shape index (κ3) is 3.84. The van der Waals surface area contributed by atoms with Gasteiger partial charge in [-0.2, -0.15) is 5.10 Å². The van der Waals surface area contributed by atoms with Gasteiger partial charge in [-0.25, -0.2) is 9.97 Å². The molecule has 0 bridgehead atoms. The second-order valence-electron chi connectivity index (χ2n) is 5.09. The van der Waals surface area contributed by atoms with Crippen molar-refractivity contribution in [2.75, 3.05) is 31.7 Å². The van der Waals surface area contributed by atoms with Gasteiger partial charge >= 0.3 is 5.88 Å². The van der Waals surface area contributed by atoms with Gasteiger partial charge in [0.15, 0.2) is 11.6 Å². The van der Waals surface area contributed by atoms with Crippen LogP contribution in [0.2, 0.25) is 0 Å². The summed E-state index contributed by atoms with van der Waals surface area (Å²) in [5.41, 5.74) is 3.28. The standard InChI is InChI=1S/C14H16N6O4/c1-10-16-11(12-2-3-14(24-12)20(21)22)8-13(17-10)18-15-9-19-4-6-23-7-5-19/h2-3,8-9H,4-7H2,1H3,(H,16,17,18)/b15-9+. The van der Waals surface area contributed by atoms with E-state index >= 15 is 0 Å². The maximum Gasteiger partial charge on any atom is 0.433 e. The van der Waals surface area contributed by atoms with Crippen LogP contribution in [-0.2, 0) is 4.74 Å². The van der Waals surface area contributed by atoms with Crippen molar-refractivity contribution in [3.63, 3.8) is 0 Å². The molecule has 1 fully saturated rings. The number of hydrogen-bond donors (Lipinski definition) is 1. The highest BCUT2D eigenvalue weighted by Crippen LogP contribution is 2.25. The lowest BCUT2D eigenvalue weighted by atomic mass is 10.3. The minimum Gasteiger partial charge on any atom is -0.399 e. The van der Waals surface area contributed by atoms with E-state index in [-0.39, 0.29) is 5.88 Å². The van der Waals surface area contributed by atoms with Crippen LogP contribution in [0.5, 0.6) is 0 Å². The Bertz CT molecular complexity index is 753. The van der Waals surface area contributed by atoms with E-state index in [0.29, 0.717) is 36.3 Å². The van der Waals surface area contributed by atoms with Crippen LogP contribution < -0.4 is 5.43 Å². The Morgan fingerprint density at radius 1 is 1.38 bits per heavy atom. The molecule has 1 aliphatic rings. The topological polar surface area (TPSA) is 119 Å². The molecule has 3 heterocycles. The first-order valence-electron chi connectivity index (χ1n) is 7.33. The van der Waals surface area contributed by atoms with Crippen LogP contribution >= 0.6 is 0 Å². The molecule has 0 unspecified atom stereocenters. The van der Waals surface area contributed by atoms with E-state index in [4.69, 9.17) is 9.15 Å². The number of rotatable bonds is 5. The number of furan rings is 1. The predicted molar refractivity (Wildman–Crippen MR) is 85.6 cm³/mol. The van der Waals surface area contributed by atoms with Crippen molar-refractivity contribution in [1.82, 2.24) is 14.9 Å². The number of aryl methyl sites for hydroxylation is 1. The van der Waals surface area contributed by atoms with E-state index in [0.717, 1.165) is 13.1 Å². The van der Waals surface area contributed by atoms with Crippen molar-refractivity contribution in [2.45, 2.75) is 6.92 Å². The molecule has 1 N–H and O–H groups in total. The quantitative estimate of drug-likeness (QED) is 0.380. The number of nitro groups is 1. The maximum atomic E-state index is 10.7. The number of morpholine rings is 1. The van der Waals surface area contributed by atoms with Gasteiger partial charge in [0.25, 0.3) is 0 Å². The molecule has 2 aromatic rings. The first-order chi connectivity index (χ1) is 11.6. The fraction of sp³-hybridized carbons (Fsp3) is 0.357. The molecule has 0 radical (unpaired) electrons. The van der Waals surface area contributed by atoms with Gasteiger partial charge in [0.2, 0.25) is 0 Å². The fourth-order valence-corrected chi connectivity index (χ4v) is 2.18. The highest BCUT2D eigenvalue weighted by atomic mass is 16.6. The molecule has 10 heteroatoms. The van der Waals surface area contributed by atoms with E-state index in [1.165, 1.54) is 12.1 Å². The summed E-state index contributed by atoms with van der Waals surface area (Å²) >= 11 is 0. The molecule has 10 nitrogen and oxygen atoms in total. The highest BCUT2D eigenvalue weighted by molar-refractivity contribution is 5.60. The Hall–Kier alpha value is -3.01. The Labute approximate surface area is 137 Å². The van der Waals surface area contributed by atoms with E-state index in [1.807, 2.05) is 4.90 Å². The first-order valence-corrected chi connectivity index (χ1v) is 7.33. The van der Waals surface area contributed by atoms with Gasteiger partial charge < -0.3 is 14.1 Å². The third-order valence-electron chi connectivity index (χ3n) is 3.31. The van der Waals surface area contributed by atoms with Gasteiger partial charge in [-0.05, 0) is 13.0 Å². The average Bonchev–Trinajstić information content (AvgIpc) is 3.06. The van der Waals surface area contributed by atoms with Gasteiger partial charge in [-0.15, -0.1) is 0 Å². The van der Waals surface area contributed by atoms with Crippen LogP contribution in [0.15, 0.2) is 27.7 Å². The number of anilines is 1. The summed E-state index contributed by atoms with van der Waals surface area (Å²) in [6, 6.07) is 4.41. The number of nitrogens with one attached hydrogen (secondary N) is 1. The molecule has 24 heavy (non-hydrogen) atoms. The normalized spacial score (nSPS) is 15.0. The second kappa shape index (κ2) is 7.04. The number of aromatic nitrogens is 2. The molecule has 0 spiro atoms. The summed E-state index contributed by atoms with van der Waals surface area (Å²) in [6.07, 6.45) is 1.69. The van der Waals surface area contributed by atoms with Crippen LogP contribution in [0.4, 0.5) is 11.7 Å². The lowest BCUT2D eigenvalue weighted by Gasteiger charge is -2.23. The molecule has 0 atom stereocenters. The van der Waals surface area contributed by atoms with Crippen molar-refractivity contribution in [3.8, 4) is 11.5 Å². The van der Waals surface area contributed by atoms with Crippen LogP contribution in [0.25, 0.3) is 11.5 Å². The molecule has 2 aromatic heterocycles. The summed E-state index contributed by atoms with van der Waals surface area (Å²) in [6.45, 7) is 4.66. The van der Waals surface area contributed by atoms with E-state index in [2.05, 4.69) is 20.5 Å². The zero-order chi connectivity index (χ0) is 16.9. The number of hydrazone groups is 1. The van der Waals surface area contributed by atoms with Gasteiger partial charge in [0.05, 0.1) is 19.3 Å². The highest BCUT2D eigenvalue weighted by Gasteiger charge is 2.15. The molecule has 0 aliphatic carbocycles. The lowest BCUT2D eigenvalue weighted by molar-refractivity contribution is -0.401. The third-order valence-corrected chi connectivity index (χ3v) is 3.31. The fourth-order valence-electron chi connectivity index (χ4n) is 2.18. The molecular formula is C14H16N6O4. The molecule has 126 valence electrons. The van der Waals surface area contributed by atoms with Crippen LogP contribution in [-0.4, -0.2) is 52.4 Å². The summed E-state index contributed by atoms with van der Waals surface area (Å²) in [5, 5.41) is 14.8. The minimum absolute atomic E-state index is 0.299. The summed E-state index contributed by atoms with van der Waals surface area (Å²) in [7, 11) is 0. The van der Waals surface area contributed by atoms with Crippen molar-refractivity contribution < 1.29 is 14.1 Å². The van der Waals surface area contributed by atoms with Crippen LogP contribution in [0.1, 0.15) is 5.82 Å². The van der Waals surface area contributed by atoms with Crippen LogP contribution in [0.3, 0.4) is 0 Å². The lowest BCUT2D eigenvalue weighted by Crippen LogP contribution is -2.35. The average molecular weight is 332 g/mol. The smallest absolute Gasteiger partial charge is 0.399 e. The van der Waals surface area contributed by atoms with Gasteiger partial charge in [-0.1, -0.05) is 0 Å². The number of nitrogens with zero attached hydrogens (tertiary/aromatic N) is 5. The molecule has 1 saturated heterocycles. The maximum absolute atomic E-state index is 10.7. The van der Waals surface area contributed by atoms with Crippen molar-refractivity contribution in [3.05, 3.63) is 34.1 Å². The van der Waals surface area contributed by atoms with Crippen molar-refractivity contribution >= 4 is 18.0 Å².